The third-order valence-electron chi connectivity index (χ3n) is 3.37. The van der Waals surface area contributed by atoms with Gasteiger partial charge in [0, 0.05) is 17.9 Å². The van der Waals surface area contributed by atoms with Gasteiger partial charge in [-0.15, -0.1) is 11.3 Å². The largest absolute Gasteiger partial charge is 0.385 e. The van der Waals surface area contributed by atoms with Gasteiger partial charge >= 0.3 is 0 Å². The standard InChI is InChI=1S/C15H16N2OS/c1-10-6-8-19-14(10)15(18)17-12-4-5-13-11(9-12)3-2-7-16-13/h4-6,8-9,16H,2-3,7H2,1H3,(H,17,18). The summed E-state index contributed by atoms with van der Waals surface area (Å²) >= 11 is 1.48. The van der Waals surface area contributed by atoms with Gasteiger partial charge in [-0.2, -0.15) is 0 Å². The Morgan fingerprint density at radius 2 is 2.26 bits per heavy atom. The van der Waals surface area contributed by atoms with Crippen LogP contribution in [0.2, 0.25) is 0 Å². The number of aryl methyl sites for hydroxylation is 2. The summed E-state index contributed by atoms with van der Waals surface area (Å²) in [4.78, 5) is 12.9. The minimum atomic E-state index is -0.0174. The Morgan fingerprint density at radius 3 is 3.05 bits per heavy atom. The second kappa shape index (κ2) is 5.05. The van der Waals surface area contributed by atoms with Gasteiger partial charge in [0.2, 0.25) is 0 Å². The number of amides is 1. The van der Waals surface area contributed by atoms with Gasteiger partial charge in [-0.3, -0.25) is 4.79 Å². The lowest BCUT2D eigenvalue weighted by Gasteiger charge is -2.18. The molecule has 0 unspecified atom stereocenters. The molecule has 0 radical (unpaired) electrons. The molecule has 3 rings (SSSR count). The Kier molecular flexibility index (Phi) is 3.25. The highest BCUT2D eigenvalue weighted by molar-refractivity contribution is 7.12. The van der Waals surface area contributed by atoms with Crippen molar-refractivity contribution < 1.29 is 4.79 Å². The van der Waals surface area contributed by atoms with Crippen LogP contribution in [0.3, 0.4) is 0 Å². The molecule has 19 heavy (non-hydrogen) atoms. The maximum atomic E-state index is 12.1. The lowest BCUT2D eigenvalue weighted by molar-refractivity contribution is 0.103. The summed E-state index contributed by atoms with van der Waals surface area (Å²) in [5.41, 5.74) is 4.38. The van der Waals surface area contributed by atoms with E-state index in [4.69, 9.17) is 0 Å². The number of nitrogens with one attached hydrogen (secondary N) is 2. The summed E-state index contributed by atoms with van der Waals surface area (Å²) < 4.78 is 0. The molecule has 4 heteroatoms. The number of hydrogen-bond donors (Lipinski definition) is 2. The first-order valence-electron chi connectivity index (χ1n) is 6.46. The van der Waals surface area contributed by atoms with Gasteiger partial charge in [-0.25, -0.2) is 0 Å². The molecule has 98 valence electrons. The summed E-state index contributed by atoms with van der Waals surface area (Å²) in [6.45, 7) is 3.00. The lowest BCUT2D eigenvalue weighted by atomic mass is 10.0. The summed E-state index contributed by atoms with van der Waals surface area (Å²) in [5, 5.41) is 8.29. The van der Waals surface area contributed by atoms with E-state index in [1.165, 1.54) is 22.6 Å². The number of rotatable bonds is 2. The highest BCUT2D eigenvalue weighted by atomic mass is 32.1. The van der Waals surface area contributed by atoms with Crippen LogP contribution in [0.1, 0.15) is 27.2 Å². The van der Waals surface area contributed by atoms with Crippen LogP contribution < -0.4 is 10.6 Å². The second-order valence-electron chi connectivity index (χ2n) is 4.79. The van der Waals surface area contributed by atoms with E-state index in [1.807, 2.05) is 30.5 Å². The van der Waals surface area contributed by atoms with Crippen molar-refractivity contribution in [1.82, 2.24) is 0 Å². The summed E-state index contributed by atoms with van der Waals surface area (Å²) in [6, 6.07) is 8.04. The lowest BCUT2D eigenvalue weighted by Crippen LogP contribution is -2.14. The van der Waals surface area contributed by atoms with Gasteiger partial charge in [0.15, 0.2) is 0 Å². The van der Waals surface area contributed by atoms with Crippen molar-refractivity contribution in [3.8, 4) is 0 Å². The van der Waals surface area contributed by atoms with Crippen molar-refractivity contribution >= 4 is 28.6 Å². The summed E-state index contributed by atoms with van der Waals surface area (Å²) in [6.07, 6.45) is 2.22. The molecule has 1 aromatic carbocycles. The normalized spacial score (nSPS) is 13.5. The smallest absolute Gasteiger partial charge is 0.265 e. The molecule has 0 saturated heterocycles. The molecule has 1 aliphatic heterocycles. The first-order valence-corrected chi connectivity index (χ1v) is 7.34. The third-order valence-corrected chi connectivity index (χ3v) is 4.39. The van der Waals surface area contributed by atoms with Crippen molar-refractivity contribution in [2.24, 2.45) is 0 Å². The van der Waals surface area contributed by atoms with E-state index >= 15 is 0 Å². The molecule has 1 amide bonds. The molecule has 0 aliphatic carbocycles. The van der Waals surface area contributed by atoms with Crippen LogP contribution in [0.5, 0.6) is 0 Å². The maximum Gasteiger partial charge on any atom is 0.265 e. The van der Waals surface area contributed by atoms with Crippen molar-refractivity contribution in [3.63, 3.8) is 0 Å². The first kappa shape index (κ1) is 12.2. The minimum absolute atomic E-state index is 0.0174. The molecule has 0 spiro atoms. The average molecular weight is 272 g/mol. The van der Waals surface area contributed by atoms with Crippen LogP contribution in [0.15, 0.2) is 29.6 Å². The fourth-order valence-electron chi connectivity index (χ4n) is 2.35. The summed E-state index contributed by atoms with van der Waals surface area (Å²) in [5.74, 6) is -0.0174. The number of thiophene rings is 1. The van der Waals surface area contributed by atoms with Crippen LogP contribution in [0, 0.1) is 6.92 Å². The van der Waals surface area contributed by atoms with Gasteiger partial charge in [0.25, 0.3) is 5.91 Å². The number of benzene rings is 1. The van der Waals surface area contributed by atoms with Crippen LogP contribution in [-0.4, -0.2) is 12.5 Å². The van der Waals surface area contributed by atoms with E-state index < -0.39 is 0 Å². The van der Waals surface area contributed by atoms with E-state index in [0.29, 0.717) is 0 Å². The predicted molar refractivity (Wildman–Crippen MR) is 80.3 cm³/mol. The molecular weight excluding hydrogens is 256 g/mol. The Morgan fingerprint density at radius 1 is 1.37 bits per heavy atom. The predicted octanol–water partition coefficient (Wildman–Crippen LogP) is 3.67. The highest BCUT2D eigenvalue weighted by Crippen LogP contribution is 2.26. The topological polar surface area (TPSA) is 41.1 Å². The fourth-order valence-corrected chi connectivity index (χ4v) is 3.17. The first-order chi connectivity index (χ1) is 9.24. The highest BCUT2D eigenvalue weighted by Gasteiger charge is 2.13. The molecule has 3 nitrogen and oxygen atoms in total. The zero-order valence-corrected chi connectivity index (χ0v) is 11.6. The van der Waals surface area contributed by atoms with E-state index in [9.17, 15) is 4.79 Å². The zero-order chi connectivity index (χ0) is 13.2. The Balaban J connectivity index is 1.80. The molecule has 2 aromatic rings. The molecular formula is C15H16N2OS. The van der Waals surface area contributed by atoms with Crippen molar-refractivity contribution in [2.45, 2.75) is 19.8 Å². The fraction of sp³-hybridized carbons (Fsp3) is 0.267. The van der Waals surface area contributed by atoms with Crippen molar-refractivity contribution in [3.05, 3.63) is 45.6 Å². The van der Waals surface area contributed by atoms with Crippen LogP contribution >= 0.6 is 11.3 Å². The molecule has 1 aliphatic rings. The molecule has 0 saturated carbocycles. The molecule has 0 atom stereocenters. The Hall–Kier alpha value is -1.81. The van der Waals surface area contributed by atoms with Crippen molar-refractivity contribution in [1.29, 1.82) is 0 Å². The van der Waals surface area contributed by atoms with E-state index in [-0.39, 0.29) is 5.91 Å². The quantitative estimate of drug-likeness (QED) is 0.876. The number of carbonyl (C=O) groups is 1. The third kappa shape index (κ3) is 2.49. The van der Waals surface area contributed by atoms with E-state index in [0.717, 1.165) is 35.5 Å². The van der Waals surface area contributed by atoms with Crippen LogP contribution in [0.4, 0.5) is 11.4 Å². The number of hydrogen-bond acceptors (Lipinski definition) is 3. The molecule has 2 N–H and O–H groups in total. The Labute approximate surface area is 116 Å². The van der Waals surface area contributed by atoms with E-state index in [2.05, 4.69) is 16.7 Å². The number of anilines is 2. The molecule has 0 bridgehead atoms. The minimum Gasteiger partial charge on any atom is -0.385 e. The average Bonchev–Trinajstić information content (AvgIpc) is 2.85. The zero-order valence-electron chi connectivity index (χ0n) is 10.8. The second-order valence-corrected chi connectivity index (χ2v) is 5.71. The van der Waals surface area contributed by atoms with Crippen LogP contribution in [0.25, 0.3) is 0 Å². The number of carbonyl (C=O) groups excluding carboxylic acids is 1. The van der Waals surface area contributed by atoms with E-state index in [1.54, 1.807) is 0 Å². The van der Waals surface area contributed by atoms with Gasteiger partial charge in [0.1, 0.15) is 0 Å². The maximum absolute atomic E-state index is 12.1. The Bertz CT molecular complexity index is 618. The number of fused-ring (bicyclic) bond motifs is 1. The SMILES string of the molecule is Cc1ccsc1C(=O)Nc1ccc2c(c1)CCCN2. The van der Waals surface area contributed by atoms with Gasteiger partial charge in [-0.1, -0.05) is 0 Å². The van der Waals surface area contributed by atoms with Gasteiger partial charge in [0.05, 0.1) is 4.88 Å². The van der Waals surface area contributed by atoms with Crippen LogP contribution in [-0.2, 0) is 6.42 Å². The van der Waals surface area contributed by atoms with Gasteiger partial charge < -0.3 is 10.6 Å². The summed E-state index contributed by atoms with van der Waals surface area (Å²) in [7, 11) is 0. The molecule has 1 aromatic heterocycles. The molecule has 2 heterocycles. The molecule has 0 fully saturated rings. The van der Waals surface area contributed by atoms with Crippen molar-refractivity contribution in [2.75, 3.05) is 17.2 Å². The monoisotopic (exact) mass is 272 g/mol. The van der Waals surface area contributed by atoms with Gasteiger partial charge in [-0.05, 0) is 60.5 Å².